The molecule has 0 aromatic heterocycles. The summed E-state index contributed by atoms with van der Waals surface area (Å²) >= 11 is 0. The summed E-state index contributed by atoms with van der Waals surface area (Å²) in [6.45, 7) is 4.86. The molecule has 1 heterocycles. The van der Waals surface area contributed by atoms with Crippen molar-refractivity contribution in [2.24, 2.45) is 0 Å². The lowest BCUT2D eigenvalue weighted by atomic mass is 10.4. The van der Waals surface area contributed by atoms with E-state index in [0.29, 0.717) is 6.54 Å². The standard InChI is InChI=1S/C10H22N2O3S/c1-10(9-13)16(14,15)11-5-4-8-12-6-2-3-7-12/h10-11,13H,2-9H2,1H3. The number of hydrogen-bond acceptors (Lipinski definition) is 4. The largest absolute Gasteiger partial charge is 0.395 e. The van der Waals surface area contributed by atoms with Gasteiger partial charge in [-0.25, -0.2) is 13.1 Å². The van der Waals surface area contributed by atoms with E-state index in [9.17, 15) is 8.42 Å². The van der Waals surface area contributed by atoms with Crippen molar-refractivity contribution in [3.8, 4) is 0 Å². The van der Waals surface area contributed by atoms with Gasteiger partial charge in [-0.3, -0.25) is 0 Å². The number of nitrogens with one attached hydrogen (secondary N) is 1. The van der Waals surface area contributed by atoms with Gasteiger partial charge in [-0.05, 0) is 45.8 Å². The minimum Gasteiger partial charge on any atom is -0.395 e. The highest BCUT2D eigenvalue weighted by molar-refractivity contribution is 7.90. The van der Waals surface area contributed by atoms with Gasteiger partial charge in [-0.1, -0.05) is 0 Å². The minimum absolute atomic E-state index is 0.332. The van der Waals surface area contributed by atoms with Gasteiger partial charge in [-0.2, -0.15) is 0 Å². The first-order chi connectivity index (χ1) is 7.56. The molecule has 16 heavy (non-hydrogen) atoms. The summed E-state index contributed by atoms with van der Waals surface area (Å²) in [5.41, 5.74) is 0. The second-order valence-electron chi connectivity index (χ2n) is 4.33. The van der Waals surface area contributed by atoms with Crippen molar-refractivity contribution < 1.29 is 13.5 Å². The van der Waals surface area contributed by atoms with Gasteiger partial charge in [0.05, 0.1) is 11.9 Å². The van der Waals surface area contributed by atoms with Crippen LogP contribution >= 0.6 is 0 Å². The van der Waals surface area contributed by atoms with E-state index in [-0.39, 0.29) is 6.61 Å². The van der Waals surface area contributed by atoms with Crippen LogP contribution in [0.3, 0.4) is 0 Å². The fourth-order valence-corrected chi connectivity index (χ4v) is 2.67. The van der Waals surface area contributed by atoms with Crippen molar-refractivity contribution >= 4 is 10.0 Å². The first kappa shape index (κ1) is 13.9. The summed E-state index contributed by atoms with van der Waals surface area (Å²) < 4.78 is 25.5. The first-order valence-electron chi connectivity index (χ1n) is 5.88. The Hall–Kier alpha value is -0.170. The highest BCUT2D eigenvalue weighted by Crippen LogP contribution is 2.07. The first-order valence-corrected chi connectivity index (χ1v) is 7.42. The lowest BCUT2D eigenvalue weighted by molar-refractivity contribution is 0.294. The summed E-state index contributed by atoms with van der Waals surface area (Å²) in [6.07, 6.45) is 3.35. The number of sulfonamides is 1. The number of nitrogens with zero attached hydrogens (tertiary/aromatic N) is 1. The van der Waals surface area contributed by atoms with Crippen molar-refractivity contribution in [3.63, 3.8) is 0 Å². The maximum atomic E-state index is 11.5. The highest BCUT2D eigenvalue weighted by atomic mass is 32.2. The van der Waals surface area contributed by atoms with Gasteiger partial charge >= 0.3 is 0 Å². The van der Waals surface area contributed by atoms with Gasteiger partial charge in [0.25, 0.3) is 0 Å². The van der Waals surface area contributed by atoms with Crippen LogP contribution in [0.5, 0.6) is 0 Å². The maximum Gasteiger partial charge on any atom is 0.216 e. The van der Waals surface area contributed by atoms with E-state index in [1.807, 2.05) is 0 Å². The molecule has 5 nitrogen and oxygen atoms in total. The molecule has 0 bridgehead atoms. The van der Waals surface area contributed by atoms with Crippen LogP contribution in [-0.2, 0) is 10.0 Å². The average Bonchev–Trinajstić information content (AvgIpc) is 2.76. The van der Waals surface area contributed by atoms with E-state index in [1.165, 1.54) is 19.8 Å². The van der Waals surface area contributed by atoms with Gasteiger partial charge in [0, 0.05) is 6.54 Å². The second kappa shape index (κ2) is 6.54. The Labute approximate surface area is 97.9 Å². The van der Waals surface area contributed by atoms with Crippen LogP contribution < -0.4 is 4.72 Å². The molecule has 1 aliphatic rings. The molecule has 0 saturated carbocycles. The topological polar surface area (TPSA) is 69.6 Å². The van der Waals surface area contributed by atoms with Crippen molar-refractivity contribution in [2.45, 2.75) is 31.4 Å². The van der Waals surface area contributed by atoms with Gasteiger partial charge in [0.1, 0.15) is 0 Å². The lowest BCUT2D eigenvalue weighted by Crippen LogP contribution is -2.36. The number of rotatable bonds is 7. The molecule has 1 rings (SSSR count). The molecule has 96 valence electrons. The highest BCUT2D eigenvalue weighted by Gasteiger charge is 2.18. The zero-order chi connectivity index (χ0) is 12.0. The summed E-state index contributed by atoms with van der Waals surface area (Å²) in [5, 5.41) is 8.05. The molecule has 0 spiro atoms. The molecule has 0 aliphatic carbocycles. The summed E-state index contributed by atoms with van der Waals surface area (Å²) in [6, 6.07) is 0. The van der Waals surface area contributed by atoms with E-state index in [2.05, 4.69) is 9.62 Å². The Morgan fingerprint density at radius 3 is 2.56 bits per heavy atom. The average molecular weight is 250 g/mol. The van der Waals surface area contributed by atoms with E-state index in [4.69, 9.17) is 5.11 Å². The predicted molar refractivity (Wildman–Crippen MR) is 63.8 cm³/mol. The third-order valence-corrected chi connectivity index (χ3v) is 4.75. The van der Waals surface area contributed by atoms with Crippen LogP contribution in [0.2, 0.25) is 0 Å². The Morgan fingerprint density at radius 1 is 1.38 bits per heavy atom. The molecule has 6 heteroatoms. The summed E-state index contributed by atoms with van der Waals surface area (Å²) in [4.78, 5) is 2.35. The Bertz CT molecular complexity index is 286. The van der Waals surface area contributed by atoms with Gasteiger partial charge in [0.2, 0.25) is 10.0 Å². The molecule has 1 aliphatic heterocycles. The van der Waals surface area contributed by atoms with Crippen LogP contribution in [0.25, 0.3) is 0 Å². The SMILES string of the molecule is CC(CO)S(=O)(=O)NCCCN1CCCC1. The van der Waals surface area contributed by atoms with Crippen molar-refractivity contribution in [3.05, 3.63) is 0 Å². The number of aliphatic hydroxyl groups is 1. The molecule has 0 amide bonds. The quantitative estimate of drug-likeness (QED) is 0.613. The zero-order valence-electron chi connectivity index (χ0n) is 9.85. The minimum atomic E-state index is -3.32. The monoisotopic (exact) mass is 250 g/mol. The van der Waals surface area contributed by atoms with E-state index < -0.39 is 15.3 Å². The normalized spacial score (nSPS) is 20.1. The smallest absolute Gasteiger partial charge is 0.216 e. The van der Waals surface area contributed by atoms with Crippen LogP contribution in [0, 0.1) is 0 Å². The van der Waals surface area contributed by atoms with Gasteiger partial charge in [-0.15, -0.1) is 0 Å². The van der Waals surface area contributed by atoms with Crippen LogP contribution in [0.15, 0.2) is 0 Å². The molecule has 1 unspecified atom stereocenters. The molecule has 1 saturated heterocycles. The lowest BCUT2D eigenvalue weighted by Gasteiger charge is -2.15. The molecule has 2 N–H and O–H groups in total. The summed E-state index contributed by atoms with van der Waals surface area (Å²) in [5.74, 6) is 0. The van der Waals surface area contributed by atoms with E-state index in [1.54, 1.807) is 0 Å². The Kier molecular flexibility index (Phi) is 5.68. The molecule has 1 fully saturated rings. The van der Waals surface area contributed by atoms with Crippen LogP contribution in [0.1, 0.15) is 26.2 Å². The Balaban J connectivity index is 2.14. The van der Waals surface area contributed by atoms with Crippen LogP contribution in [-0.4, -0.2) is 56.5 Å². The Morgan fingerprint density at radius 2 is 2.00 bits per heavy atom. The van der Waals surface area contributed by atoms with Crippen molar-refractivity contribution in [2.75, 3.05) is 32.8 Å². The van der Waals surface area contributed by atoms with Gasteiger partial charge in [0.15, 0.2) is 0 Å². The molecule has 0 radical (unpaired) electrons. The van der Waals surface area contributed by atoms with Crippen molar-refractivity contribution in [1.29, 1.82) is 0 Å². The van der Waals surface area contributed by atoms with E-state index in [0.717, 1.165) is 26.1 Å². The maximum absolute atomic E-state index is 11.5. The molecule has 1 atom stereocenters. The number of aliphatic hydroxyl groups excluding tert-OH is 1. The number of hydrogen-bond donors (Lipinski definition) is 2. The van der Waals surface area contributed by atoms with E-state index >= 15 is 0 Å². The molecule has 0 aromatic rings. The van der Waals surface area contributed by atoms with Crippen LogP contribution in [0.4, 0.5) is 0 Å². The summed E-state index contributed by atoms with van der Waals surface area (Å²) in [7, 11) is -3.32. The predicted octanol–water partition coefficient (Wildman–Crippen LogP) is -0.227. The fraction of sp³-hybridized carbons (Fsp3) is 1.00. The molecule has 0 aromatic carbocycles. The molecular formula is C10H22N2O3S. The van der Waals surface area contributed by atoms with Crippen molar-refractivity contribution in [1.82, 2.24) is 9.62 Å². The molecular weight excluding hydrogens is 228 g/mol. The number of likely N-dealkylation sites (tertiary alicyclic amines) is 1. The third-order valence-electron chi connectivity index (χ3n) is 2.94. The second-order valence-corrected chi connectivity index (χ2v) is 6.52. The van der Waals surface area contributed by atoms with Gasteiger partial charge < -0.3 is 10.0 Å². The zero-order valence-corrected chi connectivity index (χ0v) is 10.7. The fourth-order valence-electron chi connectivity index (χ4n) is 1.76. The third kappa shape index (κ3) is 4.37.